The van der Waals surface area contributed by atoms with E-state index < -0.39 is 0 Å². The van der Waals surface area contributed by atoms with Crippen LogP contribution in [0.5, 0.6) is 5.88 Å². The number of aryl methyl sites for hydroxylation is 2. The summed E-state index contributed by atoms with van der Waals surface area (Å²) < 4.78 is 9.87. The number of imidazole rings is 1. The molecule has 0 saturated heterocycles. The highest BCUT2D eigenvalue weighted by Crippen LogP contribution is 2.29. The molecule has 0 N–H and O–H groups in total. The number of rotatable bonds is 5. The van der Waals surface area contributed by atoms with Crippen molar-refractivity contribution in [1.29, 1.82) is 0 Å². The molecular formula is C24H21N5O. The first kappa shape index (κ1) is 18.1. The number of aromatic nitrogens is 5. The highest BCUT2D eigenvalue weighted by molar-refractivity contribution is 5.77. The molecular weight excluding hydrogens is 374 g/mol. The van der Waals surface area contributed by atoms with E-state index in [1.54, 1.807) is 17.1 Å². The number of benzene rings is 1. The number of hydrogen-bond acceptors (Lipinski definition) is 4. The van der Waals surface area contributed by atoms with Crippen LogP contribution in [0.25, 0.3) is 27.9 Å². The third kappa shape index (κ3) is 3.43. The van der Waals surface area contributed by atoms with Crippen LogP contribution in [0.3, 0.4) is 0 Å². The average molecular weight is 395 g/mol. The number of ether oxygens (including phenoxy) is 1. The molecule has 0 saturated carbocycles. The zero-order valence-electron chi connectivity index (χ0n) is 16.9. The fourth-order valence-corrected chi connectivity index (χ4v) is 3.60. The third-order valence-electron chi connectivity index (χ3n) is 5.03. The Morgan fingerprint density at radius 1 is 0.900 bits per heavy atom. The Balaban J connectivity index is 1.37. The molecule has 6 nitrogen and oxygen atoms in total. The Hall–Kier alpha value is -3.93. The summed E-state index contributed by atoms with van der Waals surface area (Å²) in [5.41, 5.74) is 7.29. The maximum absolute atomic E-state index is 6.05. The monoisotopic (exact) mass is 395 g/mol. The van der Waals surface area contributed by atoms with Crippen molar-refractivity contribution in [1.82, 2.24) is 24.1 Å². The molecule has 5 rings (SSSR count). The van der Waals surface area contributed by atoms with Crippen LogP contribution < -0.4 is 4.74 Å². The lowest BCUT2D eigenvalue weighted by molar-refractivity contribution is 0.292. The second-order valence-electron chi connectivity index (χ2n) is 7.28. The van der Waals surface area contributed by atoms with E-state index in [-0.39, 0.29) is 0 Å². The minimum atomic E-state index is 0.446. The van der Waals surface area contributed by atoms with Crippen molar-refractivity contribution in [3.8, 4) is 28.1 Å². The predicted octanol–water partition coefficient (Wildman–Crippen LogP) is 4.68. The van der Waals surface area contributed by atoms with Crippen molar-refractivity contribution in [2.75, 3.05) is 0 Å². The lowest BCUT2D eigenvalue weighted by atomic mass is 10.1. The first-order valence-corrected chi connectivity index (χ1v) is 9.78. The molecule has 0 aliphatic carbocycles. The quantitative estimate of drug-likeness (QED) is 0.433. The fraction of sp³-hybridized carbons (Fsp3) is 0.125. The predicted molar refractivity (Wildman–Crippen MR) is 116 cm³/mol. The van der Waals surface area contributed by atoms with Crippen LogP contribution in [0, 0.1) is 6.92 Å². The Kier molecular flexibility index (Phi) is 4.52. The van der Waals surface area contributed by atoms with Gasteiger partial charge in [-0.2, -0.15) is 0 Å². The topological polar surface area (TPSA) is 57.2 Å². The molecule has 30 heavy (non-hydrogen) atoms. The van der Waals surface area contributed by atoms with Crippen molar-refractivity contribution in [3.63, 3.8) is 0 Å². The Morgan fingerprint density at radius 2 is 1.67 bits per heavy atom. The molecule has 0 fully saturated rings. The highest BCUT2D eigenvalue weighted by atomic mass is 16.5. The van der Waals surface area contributed by atoms with E-state index >= 15 is 0 Å². The van der Waals surface area contributed by atoms with E-state index in [4.69, 9.17) is 4.74 Å². The van der Waals surface area contributed by atoms with Crippen LogP contribution in [-0.4, -0.2) is 24.1 Å². The standard InChI is InChI=1S/C24H21N5O/c1-17-14-29-13-3-4-21(23(29)26-17)19-7-5-18(6-8-19)16-30-24-22(15-28(2)27-24)20-9-11-25-12-10-20/h3-15H,16H2,1-2H3. The third-order valence-corrected chi connectivity index (χ3v) is 5.03. The fourth-order valence-electron chi connectivity index (χ4n) is 3.60. The molecule has 0 radical (unpaired) electrons. The first-order chi connectivity index (χ1) is 14.7. The average Bonchev–Trinajstić information content (AvgIpc) is 3.34. The van der Waals surface area contributed by atoms with E-state index in [1.165, 1.54) is 0 Å². The van der Waals surface area contributed by atoms with Gasteiger partial charge >= 0.3 is 0 Å². The lowest BCUT2D eigenvalue weighted by Crippen LogP contribution is -1.98. The van der Waals surface area contributed by atoms with E-state index in [2.05, 4.69) is 49.8 Å². The van der Waals surface area contributed by atoms with Crippen LogP contribution in [0.1, 0.15) is 11.3 Å². The zero-order chi connectivity index (χ0) is 20.5. The summed E-state index contributed by atoms with van der Waals surface area (Å²) in [4.78, 5) is 8.73. The molecule has 0 atom stereocenters. The Labute approximate surface area is 174 Å². The minimum absolute atomic E-state index is 0.446. The van der Waals surface area contributed by atoms with E-state index in [1.807, 2.05) is 50.8 Å². The molecule has 148 valence electrons. The molecule has 0 amide bonds. The summed E-state index contributed by atoms with van der Waals surface area (Å²) in [6.07, 6.45) is 9.56. The molecule has 0 aliphatic rings. The molecule has 0 spiro atoms. The number of nitrogens with zero attached hydrogens (tertiary/aromatic N) is 5. The van der Waals surface area contributed by atoms with Crippen molar-refractivity contribution in [3.05, 3.63) is 90.8 Å². The van der Waals surface area contributed by atoms with Gasteiger partial charge in [0.2, 0.25) is 5.88 Å². The molecule has 6 heteroatoms. The van der Waals surface area contributed by atoms with Gasteiger partial charge in [0, 0.05) is 43.6 Å². The van der Waals surface area contributed by atoms with Gasteiger partial charge in [-0.25, -0.2) is 4.98 Å². The molecule has 0 aliphatic heterocycles. The van der Waals surface area contributed by atoms with Gasteiger partial charge in [0.1, 0.15) is 12.3 Å². The van der Waals surface area contributed by atoms with Crippen LogP contribution >= 0.6 is 0 Å². The normalized spacial score (nSPS) is 11.1. The maximum atomic E-state index is 6.05. The van der Waals surface area contributed by atoms with Gasteiger partial charge in [0.05, 0.1) is 11.3 Å². The minimum Gasteiger partial charge on any atom is -0.471 e. The summed E-state index contributed by atoms with van der Waals surface area (Å²) in [6.45, 7) is 2.46. The Morgan fingerprint density at radius 3 is 2.47 bits per heavy atom. The summed E-state index contributed by atoms with van der Waals surface area (Å²) >= 11 is 0. The summed E-state index contributed by atoms with van der Waals surface area (Å²) in [6, 6.07) is 16.4. The largest absolute Gasteiger partial charge is 0.471 e. The van der Waals surface area contributed by atoms with Crippen LogP contribution in [0.15, 0.2) is 79.5 Å². The van der Waals surface area contributed by atoms with Gasteiger partial charge in [-0.1, -0.05) is 24.3 Å². The number of hydrogen-bond donors (Lipinski definition) is 0. The summed E-state index contributed by atoms with van der Waals surface area (Å²) in [5.74, 6) is 0.616. The van der Waals surface area contributed by atoms with Crippen LogP contribution in [-0.2, 0) is 13.7 Å². The van der Waals surface area contributed by atoms with Gasteiger partial charge < -0.3 is 9.14 Å². The molecule has 1 aromatic carbocycles. The summed E-state index contributed by atoms with van der Waals surface area (Å²) in [5, 5.41) is 4.47. The van der Waals surface area contributed by atoms with Crippen molar-refractivity contribution >= 4 is 5.65 Å². The van der Waals surface area contributed by atoms with Crippen molar-refractivity contribution < 1.29 is 4.74 Å². The number of pyridine rings is 2. The Bertz CT molecular complexity index is 1300. The highest BCUT2D eigenvalue weighted by Gasteiger charge is 2.12. The van der Waals surface area contributed by atoms with Gasteiger partial charge in [-0.05, 0) is 47.9 Å². The first-order valence-electron chi connectivity index (χ1n) is 9.78. The molecule has 4 heterocycles. The van der Waals surface area contributed by atoms with Crippen LogP contribution in [0.4, 0.5) is 0 Å². The SMILES string of the molecule is Cc1cn2cccc(-c3ccc(COc4nn(C)cc4-c4ccncc4)cc3)c2n1. The molecule has 0 unspecified atom stereocenters. The van der Waals surface area contributed by atoms with Crippen LogP contribution in [0.2, 0.25) is 0 Å². The van der Waals surface area contributed by atoms with Crippen molar-refractivity contribution in [2.24, 2.45) is 7.05 Å². The van der Waals surface area contributed by atoms with Gasteiger partial charge in [-0.15, -0.1) is 5.10 Å². The molecule has 5 aromatic rings. The number of fused-ring (bicyclic) bond motifs is 1. The van der Waals surface area contributed by atoms with Gasteiger partial charge in [0.25, 0.3) is 0 Å². The van der Waals surface area contributed by atoms with Crippen molar-refractivity contribution in [2.45, 2.75) is 13.5 Å². The molecule has 4 aromatic heterocycles. The maximum Gasteiger partial charge on any atom is 0.241 e. The smallest absolute Gasteiger partial charge is 0.241 e. The molecule has 0 bridgehead atoms. The van der Waals surface area contributed by atoms with E-state index in [0.29, 0.717) is 12.5 Å². The zero-order valence-corrected chi connectivity index (χ0v) is 16.9. The summed E-state index contributed by atoms with van der Waals surface area (Å²) in [7, 11) is 1.89. The lowest BCUT2D eigenvalue weighted by Gasteiger charge is -2.08. The van der Waals surface area contributed by atoms with E-state index in [9.17, 15) is 0 Å². The van der Waals surface area contributed by atoms with Gasteiger partial charge in [0.15, 0.2) is 0 Å². The second-order valence-corrected chi connectivity index (χ2v) is 7.28. The van der Waals surface area contributed by atoms with E-state index in [0.717, 1.165) is 39.2 Å². The van der Waals surface area contributed by atoms with Gasteiger partial charge in [-0.3, -0.25) is 9.67 Å². The second kappa shape index (κ2) is 7.48.